The first-order chi connectivity index (χ1) is 32.2. The van der Waals surface area contributed by atoms with E-state index in [1.807, 2.05) is 54.6 Å². The summed E-state index contributed by atoms with van der Waals surface area (Å²) in [5.41, 5.74) is 11.3. The van der Waals surface area contributed by atoms with Gasteiger partial charge in [0, 0.05) is 54.6 Å². The first kappa shape index (κ1) is 35.7. The third-order valence-corrected chi connectivity index (χ3v) is 13.0. The molecule has 0 N–H and O–H groups in total. The molecule has 0 fully saturated rings. The Morgan fingerprint density at radius 1 is 0.308 bits per heavy atom. The van der Waals surface area contributed by atoms with Gasteiger partial charge in [-0.1, -0.05) is 133 Å². The molecule has 4 aromatic heterocycles. The fourth-order valence-electron chi connectivity index (χ4n) is 9.95. The second-order valence-electron chi connectivity index (χ2n) is 16.8. The molecule has 14 aromatic rings. The second-order valence-corrected chi connectivity index (χ2v) is 16.8. The van der Waals surface area contributed by atoms with Crippen LogP contribution in [0.1, 0.15) is 0 Å². The molecule has 302 valence electrons. The topological polar surface area (TPSA) is 69.9 Å². The van der Waals surface area contributed by atoms with Crippen LogP contribution in [0.3, 0.4) is 0 Å². The van der Waals surface area contributed by atoms with Gasteiger partial charge in [0.25, 0.3) is 0 Å². The van der Waals surface area contributed by atoms with Gasteiger partial charge in [-0.05, 0) is 99.9 Å². The average Bonchev–Trinajstić information content (AvgIpc) is 4.03. The molecule has 0 aliphatic rings. The molecule has 0 radical (unpaired) electrons. The third-order valence-electron chi connectivity index (χ3n) is 13.0. The van der Waals surface area contributed by atoms with Gasteiger partial charge in [-0.2, -0.15) is 0 Å². The molecule has 0 aliphatic carbocycles. The monoisotopic (exact) mass is 830 g/mol. The zero-order valence-corrected chi connectivity index (χ0v) is 34.7. The van der Waals surface area contributed by atoms with Crippen LogP contribution in [0.15, 0.2) is 215 Å². The maximum Gasteiger partial charge on any atom is 0.164 e. The highest BCUT2D eigenvalue weighted by atomic mass is 16.3. The van der Waals surface area contributed by atoms with Gasteiger partial charge >= 0.3 is 0 Å². The van der Waals surface area contributed by atoms with Gasteiger partial charge in [0.2, 0.25) is 0 Å². The maximum absolute atomic E-state index is 6.69. The summed E-state index contributed by atoms with van der Waals surface area (Å²) < 4.78 is 15.5. The van der Waals surface area contributed by atoms with Crippen LogP contribution in [0.2, 0.25) is 0 Å². The number of hydrogen-bond donors (Lipinski definition) is 0. The molecule has 0 unspecified atom stereocenters. The highest BCUT2D eigenvalue weighted by Gasteiger charge is 2.22. The number of fused-ring (bicyclic) bond motifs is 11. The van der Waals surface area contributed by atoms with Crippen LogP contribution >= 0.6 is 0 Å². The van der Waals surface area contributed by atoms with E-state index in [-0.39, 0.29) is 0 Å². The van der Waals surface area contributed by atoms with Gasteiger partial charge in [-0.3, -0.25) is 0 Å². The first-order valence-corrected chi connectivity index (χ1v) is 21.8. The highest BCUT2D eigenvalue weighted by Crippen LogP contribution is 2.44. The van der Waals surface area contributed by atoms with E-state index in [4.69, 9.17) is 23.8 Å². The van der Waals surface area contributed by atoms with Crippen molar-refractivity contribution in [1.82, 2.24) is 19.5 Å². The van der Waals surface area contributed by atoms with E-state index in [2.05, 4.69) is 156 Å². The zero-order valence-electron chi connectivity index (χ0n) is 34.7. The fraction of sp³-hybridized carbons (Fsp3) is 0. The summed E-state index contributed by atoms with van der Waals surface area (Å²) in [4.78, 5) is 15.6. The van der Waals surface area contributed by atoms with Crippen molar-refractivity contribution in [3.05, 3.63) is 206 Å². The van der Waals surface area contributed by atoms with Crippen LogP contribution in [0.4, 0.5) is 0 Å². The van der Waals surface area contributed by atoms with Gasteiger partial charge in [0.1, 0.15) is 22.3 Å². The molecular weight excluding hydrogens is 797 g/mol. The molecule has 0 atom stereocenters. The Labute approximate surface area is 371 Å². The molecule has 0 saturated heterocycles. The smallest absolute Gasteiger partial charge is 0.164 e. The van der Waals surface area contributed by atoms with Crippen molar-refractivity contribution in [3.8, 4) is 51.0 Å². The Morgan fingerprint density at radius 2 is 0.877 bits per heavy atom. The van der Waals surface area contributed by atoms with Gasteiger partial charge in [0.05, 0.1) is 16.7 Å². The summed E-state index contributed by atoms with van der Waals surface area (Å²) in [6.45, 7) is 0. The van der Waals surface area contributed by atoms with Crippen LogP contribution in [0.5, 0.6) is 0 Å². The van der Waals surface area contributed by atoms with Gasteiger partial charge < -0.3 is 13.4 Å². The first-order valence-electron chi connectivity index (χ1n) is 21.8. The van der Waals surface area contributed by atoms with Crippen LogP contribution in [-0.4, -0.2) is 19.5 Å². The van der Waals surface area contributed by atoms with Crippen molar-refractivity contribution in [2.75, 3.05) is 0 Å². The predicted molar refractivity (Wildman–Crippen MR) is 265 cm³/mol. The molecular formula is C59H34N4O2. The summed E-state index contributed by atoms with van der Waals surface area (Å²) in [5, 5.41) is 11.3. The number of rotatable bonds is 5. The summed E-state index contributed by atoms with van der Waals surface area (Å²) >= 11 is 0. The SMILES string of the molecule is c1ccc(-c2nc(-c3ccc(-n4c5ccccc5c5cc6ccccc6cc54)c(-c4cccc5oc6cc7ccccc7cc6c45)c3)nc(-c3ccc4c(c3)oc3ccccc34)n2)cc1. The largest absolute Gasteiger partial charge is 0.456 e. The van der Waals surface area contributed by atoms with Gasteiger partial charge in [-0.25, -0.2) is 15.0 Å². The lowest BCUT2D eigenvalue weighted by Crippen LogP contribution is -2.02. The van der Waals surface area contributed by atoms with Crippen LogP contribution in [0.25, 0.3) is 138 Å². The van der Waals surface area contributed by atoms with Crippen LogP contribution in [0, 0.1) is 0 Å². The molecule has 65 heavy (non-hydrogen) atoms. The summed E-state index contributed by atoms with van der Waals surface area (Å²) in [6.07, 6.45) is 0. The van der Waals surface area contributed by atoms with E-state index in [1.165, 1.54) is 21.5 Å². The normalized spacial score (nSPS) is 12.0. The molecule has 0 aliphatic heterocycles. The van der Waals surface area contributed by atoms with Crippen LogP contribution < -0.4 is 0 Å². The molecule has 0 amide bonds. The third kappa shape index (κ3) is 5.57. The number of para-hydroxylation sites is 2. The van der Waals surface area contributed by atoms with Crippen molar-refractivity contribution in [3.63, 3.8) is 0 Å². The number of benzene rings is 10. The minimum absolute atomic E-state index is 0.561. The number of nitrogens with zero attached hydrogens (tertiary/aromatic N) is 4. The molecule has 6 nitrogen and oxygen atoms in total. The molecule has 0 spiro atoms. The van der Waals surface area contributed by atoms with Gasteiger partial charge in [-0.15, -0.1) is 0 Å². The number of hydrogen-bond acceptors (Lipinski definition) is 5. The molecule has 14 rings (SSSR count). The number of aromatic nitrogens is 4. The second kappa shape index (κ2) is 13.8. The van der Waals surface area contributed by atoms with Crippen molar-refractivity contribution in [2.24, 2.45) is 0 Å². The van der Waals surface area contributed by atoms with Gasteiger partial charge in [0.15, 0.2) is 17.5 Å². The lowest BCUT2D eigenvalue weighted by atomic mass is 9.95. The zero-order chi connectivity index (χ0) is 42.6. The molecule has 4 heterocycles. The Bertz CT molecular complexity index is 4250. The Morgan fingerprint density at radius 3 is 1.68 bits per heavy atom. The summed E-state index contributed by atoms with van der Waals surface area (Å²) in [6, 6.07) is 72.3. The van der Waals surface area contributed by atoms with Crippen molar-refractivity contribution >= 4 is 87.2 Å². The predicted octanol–water partition coefficient (Wildman–Crippen LogP) is 15.7. The lowest BCUT2D eigenvalue weighted by Gasteiger charge is -2.17. The summed E-state index contributed by atoms with van der Waals surface area (Å²) in [7, 11) is 0. The fourth-order valence-corrected chi connectivity index (χ4v) is 9.95. The Balaban J connectivity index is 1.06. The van der Waals surface area contributed by atoms with E-state index < -0.39 is 0 Å². The van der Waals surface area contributed by atoms with E-state index in [0.29, 0.717) is 17.5 Å². The van der Waals surface area contributed by atoms with E-state index in [0.717, 1.165) is 99.2 Å². The Hall–Kier alpha value is -8.87. The standard InChI is InChI=1S/C59H34N4O2/c1-2-13-35(14-3-1)57-60-58(62-59(61-57)41-25-27-44-43-20-9-11-23-52(43)64-54(44)34-41)40-26-28-50(63-49-22-10-8-19-42(49)46-29-36-15-4-6-17-38(36)32-51(46)63)47(31-40)45-21-12-24-53-56(45)48-30-37-16-5-7-18-39(37)33-55(48)65-53/h1-34H. The van der Waals surface area contributed by atoms with E-state index in [1.54, 1.807) is 0 Å². The number of furan rings is 2. The Kier molecular flexibility index (Phi) is 7.59. The lowest BCUT2D eigenvalue weighted by molar-refractivity contribution is 0.669. The molecule has 10 aromatic carbocycles. The maximum atomic E-state index is 6.69. The van der Waals surface area contributed by atoms with E-state index in [9.17, 15) is 0 Å². The van der Waals surface area contributed by atoms with Crippen LogP contribution in [-0.2, 0) is 0 Å². The highest BCUT2D eigenvalue weighted by molar-refractivity contribution is 6.18. The minimum atomic E-state index is 0.561. The van der Waals surface area contributed by atoms with Crippen molar-refractivity contribution in [2.45, 2.75) is 0 Å². The minimum Gasteiger partial charge on any atom is -0.456 e. The van der Waals surface area contributed by atoms with Crippen molar-refractivity contribution in [1.29, 1.82) is 0 Å². The average molecular weight is 831 g/mol. The quantitative estimate of drug-likeness (QED) is 0.173. The summed E-state index contributed by atoms with van der Waals surface area (Å²) in [5.74, 6) is 1.71. The van der Waals surface area contributed by atoms with Crippen molar-refractivity contribution < 1.29 is 8.83 Å². The molecule has 0 bridgehead atoms. The molecule has 6 heteroatoms. The van der Waals surface area contributed by atoms with E-state index >= 15 is 0 Å². The molecule has 0 saturated carbocycles.